The first-order valence-corrected chi connectivity index (χ1v) is 14.0. The Morgan fingerprint density at radius 2 is 1.21 bits per heavy atom. The standard InChI is InChI=1S/C29H33N2O2P/c32-29(21-20-24-12-4-1-5-13-24)34(33)30(22-25-14-6-2-7-15-25)27-18-10-11-19-28(27)31(34)23-26-16-8-3-9-17-26/h1-9,12-17,20-21,27-29,32H,10-11,18-19,22-23H2/t27-,28-,29?/m1/s1. The number of aliphatic hydroxyl groups excluding tert-OH is 1. The van der Waals surface area contributed by atoms with Gasteiger partial charge in [0.1, 0.15) is 0 Å². The van der Waals surface area contributed by atoms with Gasteiger partial charge in [-0.15, -0.1) is 0 Å². The van der Waals surface area contributed by atoms with Crippen molar-refractivity contribution >= 4 is 13.5 Å². The van der Waals surface area contributed by atoms with Gasteiger partial charge in [-0.1, -0.05) is 110 Å². The summed E-state index contributed by atoms with van der Waals surface area (Å²) < 4.78 is 19.4. The molecule has 4 nitrogen and oxygen atoms in total. The third-order valence-corrected chi connectivity index (χ3v) is 10.4. The summed E-state index contributed by atoms with van der Waals surface area (Å²) >= 11 is 0. The molecular formula is C29H33N2O2P. The van der Waals surface area contributed by atoms with E-state index in [1.807, 2.05) is 72.8 Å². The molecule has 1 saturated heterocycles. The molecule has 2 aliphatic rings. The van der Waals surface area contributed by atoms with E-state index in [-0.39, 0.29) is 12.1 Å². The van der Waals surface area contributed by atoms with Gasteiger partial charge in [-0.25, -0.2) is 9.34 Å². The Morgan fingerprint density at radius 1 is 0.765 bits per heavy atom. The molecular weight excluding hydrogens is 439 g/mol. The maximum Gasteiger partial charge on any atom is 0.249 e. The first-order valence-electron chi connectivity index (χ1n) is 12.3. The first-order chi connectivity index (χ1) is 16.7. The number of hydrogen-bond acceptors (Lipinski definition) is 2. The molecule has 5 heteroatoms. The van der Waals surface area contributed by atoms with E-state index in [1.54, 1.807) is 6.08 Å². The summed E-state index contributed by atoms with van der Waals surface area (Å²) in [5.41, 5.74) is 3.26. The second-order valence-electron chi connectivity index (χ2n) is 9.36. The highest BCUT2D eigenvalue weighted by atomic mass is 31.2. The Morgan fingerprint density at radius 3 is 1.68 bits per heavy atom. The van der Waals surface area contributed by atoms with Gasteiger partial charge in [0, 0.05) is 25.2 Å². The van der Waals surface area contributed by atoms with Gasteiger partial charge in [0.15, 0.2) is 5.85 Å². The van der Waals surface area contributed by atoms with Crippen LogP contribution >= 0.6 is 7.44 Å². The van der Waals surface area contributed by atoms with Crippen molar-refractivity contribution in [1.29, 1.82) is 0 Å². The number of nitrogens with zero attached hydrogens (tertiary/aromatic N) is 2. The van der Waals surface area contributed by atoms with Crippen molar-refractivity contribution in [2.75, 3.05) is 0 Å². The molecule has 1 aliphatic heterocycles. The molecule has 1 unspecified atom stereocenters. The van der Waals surface area contributed by atoms with Crippen LogP contribution in [-0.4, -0.2) is 32.4 Å². The minimum atomic E-state index is -3.32. The second kappa shape index (κ2) is 10.4. The van der Waals surface area contributed by atoms with Crippen LogP contribution in [0.15, 0.2) is 97.1 Å². The van der Waals surface area contributed by atoms with E-state index in [2.05, 4.69) is 33.6 Å². The van der Waals surface area contributed by atoms with Crippen LogP contribution in [0.2, 0.25) is 0 Å². The lowest BCUT2D eigenvalue weighted by molar-refractivity contribution is 0.197. The quantitative estimate of drug-likeness (QED) is 0.397. The second-order valence-corrected chi connectivity index (χ2v) is 12.1. The van der Waals surface area contributed by atoms with Crippen molar-refractivity contribution in [3.63, 3.8) is 0 Å². The lowest BCUT2D eigenvalue weighted by Gasteiger charge is -2.34. The number of fused-ring (bicyclic) bond motifs is 1. The number of rotatable bonds is 7. The summed E-state index contributed by atoms with van der Waals surface area (Å²) in [7, 11) is -3.32. The number of hydrogen-bond donors (Lipinski definition) is 1. The maximum atomic E-state index is 15.1. The van der Waals surface area contributed by atoms with Gasteiger partial charge in [0.25, 0.3) is 0 Å². The lowest BCUT2D eigenvalue weighted by Crippen LogP contribution is -2.39. The molecule has 0 spiro atoms. The van der Waals surface area contributed by atoms with Crippen LogP contribution in [0.4, 0.5) is 0 Å². The Kier molecular flexibility index (Phi) is 7.12. The lowest BCUT2D eigenvalue weighted by atomic mass is 9.90. The Labute approximate surface area is 203 Å². The minimum absolute atomic E-state index is 0.184. The van der Waals surface area contributed by atoms with Crippen molar-refractivity contribution in [2.45, 2.75) is 56.7 Å². The fourth-order valence-electron chi connectivity index (χ4n) is 5.52. The number of benzene rings is 3. The van der Waals surface area contributed by atoms with Crippen LogP contribution in [0.3, 0.4) is 0 Å². The molecule has 5 rings (SSSR count). The molecule has 0 amide bonds. The van der Waals surface area contributed by atoms with Gasteiger partial charge in [0.2, 0.25) is 7.44 Å². The van der Waals surface area contributed by atoms with Crippen molar-refractivity contribution in [3.8, 4) is 0 Å². The SMILES string of the molecule is O=P1(C(O)C=Cc2ccccc2)N(Cc2ccccc2)[C@@H]2CCCC[C@H]2N1Cc1ccccc1. The van der Waals surface area contributed by atoms with E-state index in [0.717, 1.165) is 42.4 Å². The van der Waals surface area contributed by atoms with E-state index in [9.17, 15) is 5.11 Å². The highest BCUT2D eigenvalue weighted by Crippen LogP contribution is 2.67. The van der Waals surface area contributed by atoms with Crippen LogP contribution in [0.5, 0.6) is 0 Å². The molecule has 3 atom stereocenters. The molecule has 1 aliphatic carbocycles. The van der Waals surface area contributed by atoms with Gasteiger partial charge in [0.05, 0.1) is 0 Å². The third-order valence-electron chi connectivity index (χ3n) is 7.18. The molecule has 0 aromatic heterocycles. The topological polar surface area (TPSA) is 43.8 Å². The van der Waals surface area contributed by atoms with Gasteiger partial charge >= 0.3 is 0 Å². The predicted molar refractivity (Wildman–Crippen MR) is 139 cm³/mol. The monoisotopic (exact) mass is 472 g/mol. The van der Waals surface area contributed by atoms with Crippen molar-refractivity contribution in [3.05, 3.63) is 114 Å². The fraction of sp³-hybridized carbons (Fsp3) is 0.310. The van der Waals surface area contributed by atoms with Crippen LogP contribution in [0.25, 0.3) is 6.08 Å². The predicted octanol–water partition coefficient (Wildman–Crippen LogP) is 6.54. The van der Waals surface area contributed by atoms with Crippen LogP contribution < -0.4 is 0 Å². The third kappa shape index (κ3) is 4.69. The smallest absolute Gasteiger partial charge is 0.249 e. The van der Waals surface area contributed by atoms with E-state index >= 15 is 4.57 Å². The van der Waals surface area contributed by atoms with Crippen LogP contribution in [0, 0.1) is 0 Å². The Balaban J connectivity index is 1.54. The molecule has 1 saturated carbocycles. The summed E-state index contributed by atoms with van der Waals surface area (Å²) in [6.07, 6.45) is 7.95. The van der Waals surface area contributed by atoms with E-state index in [4.69, 9.17) is 0 Å². The average molecular weight is 473 g/mol. The summed E-state index contributed by atoms with van der Waals surface area (Å²) in [6.45, 7) is 1.17. The molecule has 0 radical (unpaired) electrons. The summed E-state index contributed by atoms with van der Waals surface area (Å²) in [5.74, 6) is -1.06. The van der Waals surface area contributed by atoms with Gasteiger partial charge < -0.3 is 5.11 Å². The summed E-state index contributed by atoms with van der Waals surface area (Å²) in [4.78, 5) is 0. The van der Waals surface area contributed by atoms with Gasteiger partial charge in [-0.2, -0.15) is 0 Å². The Hall–Kier alpha value is -2.49. The normalized spacial score (nSPS) is 23.7. The largest absolute Gasteiger partial charge is 0.378 e. The van der Waals surface area contributed by atoms with E-state index in [0.29, 0.717) is 13.1 Å². The van der Waals surface area contributed by atoms with E-state index in [1.165, 1.54) is 0 Å². The molecule has 1 N–H and O–H groups in total. The van der Waals surface area contributed by atoms with Crippen LogP contribution in [-0.2, 0) is 17.7 Å². The van der Waals surface area contributed by atoms with Gasteiger partial charge in [-0.05, 0) is 35.6 Å². The molecule has 3 aromatic rings. The Bertz CT molecular complexity index is 1080. The highest BCUT2D eigenvalue weighted by Gasteiger charge is 2.57. The number of aliphatic hydroxyl groups is 1. The molecule has 176 valence electrons. The fourth-order valence-corrected chi connectivity index (χ4v) is 8.85. The molecule has 1 heterocycles. The molecule has 0 bridgehead atoms. The van der Waals surface area contributed by atoms with Crippen LogP contribution in [0.1, 0.15) is 42.4 Å². The minimum Gasteiger partial charge on any atom is -0.378 e. The maximum absolute atomic E-state index is 15.1. The molecule has 2 fully saturated rings. The first kappa shape index (κ1) is 23.3. The van der Waals surface area contributed by atoms with Crippen molar-refractivity contribution in [2.24, 2.45) is 0 Å². The zero-order chi connectivity index (χ0) is 23.4. The summed E-state index contributed by atoms with van der Waals surface area (Å²) in [5, 5.41) is 11.6. The highest BCUT2D eigenvalue weighted by molar-refractivity contribution is 7.60. The zero-order valence-corrected chi connectivity index (χ0v) is 20.4. The molecule has 34 heavy (non-hydrogen) atoms. The summed E-state index contributed by atoms with van der Waals surface area (Å²) in [6, 6.07) is 30.8. The van der Waals surface area contributed by atoms with Gasteiger partial charge in [-0.3, -0.25) is 4.57 Å². The molecule has 3 aromatic carbocycles. The van der Waals surface area contributed by atoms with Crippen molar-refractivity contribution < 1.29 is 9.67 Å². The zero-order valence-electron chi connectivity index (χ0n) is 19.5. The van der Waals surface area contributed by atoms with E-state index < -0.39 is 13.3 Å². The average Bonchev–Trinajstić information content (AvgIpc) is 3.13. The van der Waals surface area contributed by atoms with Crippen molar-refractivity contribution in [1.82, 2.24) is 9.34 Å².